The van der Waals surface area contributed by atoms with Gasteiger partial charge in [-0.3, -0.25) is 20.8 Å². The first-order chi connectivity index (χ1) is 10.0. The minimum absolute atomic E-state index is 0.155. The Labute approximate surface area is 124 Å². The number of anilines is 2. The second kappa shape index (κ2) is 6.21. The fourth-order valence-electron chi connectivity index (χ4n) is 1.63. The Morgan fingerprint density at radius 3 is 2.43 bits per heavy atom. The maximum absolute atomic E-state index is 12.1. The molecule has 2 aromatic rings. The van der Waals surface area contributed by atoms with Gasteiger partial charge in [-0.2, -0.15) is 0 Å². The van der Waals surface area contributed by atoms with Gasteiger partial charge in [-0.15, -0.1) is 0 Å². The van der Waals surface area contributed by atoms with Gasteiger partial charge in [0.05, 0.1) is 15.6 Å². The summed E-state index contributed by atoms with van der Waals surface area (Å²) >= 11 is 5.92. The molecule has 2 aromatic carbocycles. The van der Waals surface area contributed by atoms with Crippen molar-refractivity contribution in [3.63, 3.8) is 0 Å². The van der Waals surface area contributed by atoms with E-state index >= 15 is 0 Å². The lowest BCUT2D eigenvalue weighted by Crippen LogP contribution is -2.13. The van der Waals surface area contributed by atoms with E-state index in [-0.39, 0.29) is 16.4 Å². The van der Waals surface area contributed by atoms with Crippen LogP contribution in [0.2, 0.25) is 5.02 Å². The van der Waals surface area contributed by atoms with Gasteiger partial charge in [0, 0.05) is 23.4 Å². The van der Waals surface area contributed by atoms with Crippen LogP contribution in [0.15, 0.2) is 42.5 Å². The molecule has 1 amide bonds. The predicted molar refractivity (Wildman–Crippen MR) is 80.3 cm³/mol. The third kappa shape index (κ3) is 3.47. The Morgan fingerprint density at radius 2 is 1.86 bits per heavy atom. The van der Waals surface area contributed by atoms with Crippen molar-refractivity contribution in [3.8, 4) is 0 Å². The number of hydrogen-bond acceptors (Lipinski definition) is 5. The topological polar surface area (TPSA) is 110 Å². The molecule has 0 bridgehead atoms. The van der Waals surface area contributed by atoms with Gasteiger partial charge in [0.1, 0.15) is 0 Å². The average molecular weight is 307 g/mol. The van der Waals surface area contributed by atoms with E-state index in [2.05, 4.69) is 10.7 Å². The van der Waals surface area contributed by atoms with Gasteiger partial charge < -0.3 is 10.7 Å². The van der Waals surface area contributed by atoms with E-state index in [9.17, 15) is 14.9 Å². The molecule has 0 aliphatic carbocycles. The summed E-state index contributed by atoms with van der Waals surface area (Å²) in [5, 5.41) is 13.5. The number of nitrogen functional groups attached to an aromatic ring is 1. The average Bonchev–Trinajstić information content (AvgIpc) is 2.49. The predicted octanol–water partition coefficient (Wildman–Crippen LogP) is 2.79. The number of nitro benzene ring substituents is 1. The van der Waals surface area contributed by atoms with Crippen LogP contribution < -0.4 is 16.6 Å². The van der Waals surface area contributed by atoms with E-state index < -0.39 is 10.8 Å². The van der Waals surface area contributed by atoms with Gasteiger partial charge >= 0.3 is 0 Å². The summed E-state index contributed by atoms with van der Waals surface area (Å²) in [5.41, 5.74) is 3.49. The van der Waals surface area contributed by atoms with E-state index in [4.69, 9.17) is 17.4 Å². The number of non-ortho nitro benzene ring substituents is 1. The van der Waals surface area contributed by atoms with Gasteiger partial charge in [-0.1, -0.05) is 11.6 Å². The van der Waals surface area contributed by atoms with E-state index in [0.29, 0.717) is 11.3 Å². The molecule has 21 heavy (non-hydrogen) atoms. The van der Waals surface area contributed by atoms with E-state index in [1.807, 2.05) is 0 Å². The highest BCUT2D eigenvalue weighted by Crippen LogP contribution is 2.27. The number of amides is 1. The molecule has 108 valence electrons. The molecule has 0 spiro atoms. The summed E-state index contributed by atoms with van der Waals surface area (Å²) in [6, 6.07) is 10.2. The van der Waals surface area contributed by atoms with Crippen molar-refractivity contribution in [2.24, 2.45) is 5.84 Å². The lowest BCUT2D eigenvalue weighted by atomic mass is 10.2. The van der Waals surface area contributed by atoms with Crippen molar-refractivity contribution in [3.05, 3.63) is 63.2 Å². The molecule has 0 fully saturated rings. The summed E-state index contributed by atoms with van der Waals surface area (Å²) < 4.78 is 0. The number of carbonyl (C=O) groups is 1. The van der Waals surface area contributed by atoms with Gasteiger partial charge in [0.15, 0.2) is 0 Å². The molecule has 0 heterocycles. The number of carbonyl (C=O) groups excluding carboxylic acids is 1. The monoisotopic (exact) mass is 306 g/mol. The van der Waals surface area contributed by atoms with Crippen LogP contribution in [-0.4, -0.2) is 10.8 Å². The van der Waals surface area contributed by atoms with Crippen LogP contribution in [0.5, 0.6) is 0 Å². The minimum Gasteiger partial charge on any atom is -0.324 e. The zero-order valence-corrected chi connectivity index (χ0v) is 11.4. The first-order valence-electron chi connectivity index (χ1n) is 5.83. The fourth-order valence-corrected chi connectivity index (χ4v) is 1.80. The number of nitrogens with one attached hydrogen (secondary N) is 2. The Bertz CT molecular complexity index is 688. The minimum atomic E-state index is -0.562. The van der Waals surface area contributed by atoms with Crippen LogP contribution in [-0.2, 0) is 0 Å². The van der Waals surface area contributed by atoms with E-state index in [1.54, 1.807) is 24.3 Å². The number of halogens is 1. The molecule has 8 heteroatoms. The molecule has 0 aliphatic rings. The highest BCUT2D eigenvalue weighted by atomic mass is 35.5. The van der Waals surface area contributed by atoms with Crippen molar-refractivity contribution in [1.29, 1.82) is 0 Å². The third-order valence-corrected chi connectivity index (χ3v) is 3.05. The number of nitro groups is 1. The molecule has 7 nitrogen and oxygen atoms in total. The van der Waals surface area contributed by atoms with Gasteiger partial charge in [0.2, 0.25) is 0 Å². The van der Waals surface area contributed by atoms with Crippen LogP contribution in [0.3, 0.4) is 0 Å². The number of nitrogens with two attached hydrogens (primary N) is 1. The molecule has 4 N–H and O–H groups in total. The summed E-state index contributed by atoms with van der Waals surface area (Å²) in [5.74, 6) is 4.80. The molecule has 0 aromatic heterocycles. The molecule has 0 unspecified atom stereocenters. The summed E-state index contributed by atoms with van der Waals surface area (Å²) in [4.78, 5) is 22.2. The Morgan fingerprint density at radius 1 is 1.19 bits per heavy atom. The highest BCUT2D eigenvalue weighted by Gasteiger charge is 2.13. The van der Waals surface area contributed by atoms with E-state index in [1.165, 1.54) is 18.2 Å². The van der Waals surface area contributed by atoms with Crippen LogP contribution in [0.25, 0.3) is 0 Å². The first kappa shape index (κ1) is 14.8. The second-order valence-corrected chi connectivity index (χ2v) is 4.50. The third-order valence-electron chi connectivity index (χ3n) is 2.72. The second-order valence-electron chi connectivity index (χ2n) is 4.10. The summed E-state index contributed by atoms with van der Waals surface area (Å²) in [7, 11) is 0. The number of benzene rings is 2. The molecule has 0 atom stereocenters. The van der Waals surface area contributed by atoms with Crippen molar-refractivity contribution < 1.29 is 9.72 Å². The quantitative estimate of drug-likeness (QED) is 0.457. The summed E-state index contributed by atoms with van der Waals surface area (Å²) in [6.45, 7) is 0. The number of rotatable bonds is 4. The normalized spacial score (nSPS) is 10.0. The van der Waals surface area contributed by atoms with Crippen molar-refractivity contribution in [2.45, 2.75) is 0 Å². The molecule has 0 aliphatic heterocycles. The van der Waals surface area contributed by atoms with Crippen molar-refractivity contribution in [1.82, 2.24) is 0 Å². The Kier molecular flexibility index (Phi) is 4.36. The zero-order chi connectivity index (χ0) is 15.4. The maximum atomic E-state index is 12.1. The highest BCUT2D eigenvalue weighted by molar-refractivity contribution is 6.34. The van der Waals surface area contributed by atoms with Gasteiger partial charge in [-0.05, 0) is 30.3 Å². The molecular formula is C13H11ClN4O3. The maximum Gasteiger partial charge on any atom is 0.271 e. The Hall–Kier alpha value is -2.64. The molecular weight excluding hydrogens is 296 g/mol. The van der Waals surface area contributed by atoms with Crippen molar-refractivity contribution >= 4 is 34.6 Å². The Balaban J connectivity index is 2.22. The molecule has 0 radical (unpaired) electrons. The van der Waals surface area contributed by atoms with Crippen LogP contribution in [0.4, 0.5) is 17.1 Å². The molecule has 0 saturated heterocycles. The SMILES string of the molecule is NNc1ccc(C(=O)Nc2cc([N+](=O)[O-])ccc2Cl)cc1. The number of hydrazine groups is 1. The molecule has 0 saturated carbocycles. The fraction of sp³-hybridized carbons (Fsp3) is 0. The molecule has 2 rings (SSSR count). The van der Waals surface area contributed by atoms with Crippen LogP contribution in [0, 0.1) is 10.1 Å². The largest absolute Gasteiger partial charge is 0.324 e. The van der Waals surface area contributed by atoms with E-state index in [0.717, 1.165) is 0 Å². The summed E-state index contributed by atoms with van der Waals surface area (Å²) in [6.07, 6.45) is 0. The van der Waals surface area contributed by atoms with Crippen LogP contribution >= 0.6 is 11.6 Å². The van der Waals surface area contributed by atoms with Gasteiger partial charge in [-0.25, -0.2) is 0 Å². The smallest absolute Gasteiger partial charge is 0.271 e. The number of nitrogens with zero attached hydrogens (tertiary/aromatic N) is 1. The number of hydrogen-bond donors (Lipinski definition) is 3. The lowest BCUT2D eigenvalue weighted by Gasteiger charge is -2.08. The standard InChI is InChI=1S/C13H11ClN4O3/c14-11-6-5-10(18(20)21)7-12(11)16-13(19)8-1-3-9(17-15)4-2-8/h1-7,17H,15H2,(H,16,19). The lowest BCUT2D eigenvalue weighted by molar-refractivity contribution is -0.384. The van der Waals surface area contributed by atoms with Gasteiger partial charge in [0.25, 0.3) is 11.6 Å². The first-order valence-corrected chi connectivity index (χ1v) is 6.21. The van der Waals surface area contributed by atoms with Crippen molar-refractivity contribution in [2.75, 3.05) is 10.7 Å². The zero-order valence-electron chi connectivity index (χ0n) is 10.7. The van der Waals surface area contributed by atoms with Crippen LogP contribution in [0.1, 0.15) is 10.4 Å².